The average molecular weight is 379 g/mol. The van der Waals surface area contributed by atoms with E-state index in [1.165, 1.54) is 10.8 Å². The number of H-pyrrole nitrogens is 1. The fraction of sp³-hybridized carbons (Fsp3) is 0.714. The highest BCUT2D eigenvalue weighted by molar-refractivity contribution is 7.04. The van der Waals surface area contributed by atoms with Crippen LogP contribution in [0.2, 0.25) is 0 Å². The van der Waals surface area contributed by atoms with Crippen molar-refractivity contribution >= 4 is 19.4 Å². The van der Waals surface area contributed by atoms with Gasteiger partial charge in [0.25, 0.3) is 5.56 Å². The van der Waals surface area contributed by atoms with Crippen molar-refractivity contribution in [1.82, 2.24) is 9.55 Å². The second kappa shape index (κ2) is 7.94. The van der Waals surface area contributed by atoms with Crippen molar-refractivity contribution in [1.29, 1.82) is 0 Å². The molecule has 1 saturated heterocycles. The first-order valence-corrected chi connectivity index (χ1v) is 10.7. The number of hydrogen-bond acceptors (Lipinski definition) is 6. The van der Waals surface area contributed by atoms with Gasteiger partial charge in [0.1, 0.15) is 6.10 Å². The SMILES string of the molecule is CCCCO[SiH](Cl)[C@]1(n2cc(C)c(=O)[nH]c2=O)C[C@H](O)[C@@H](CO)O1. The van der Waals surface area contributed by atoms with Gasteiger partial charge in [-0.05, 0) is 13.3 Å². The second-order valence-corrected chi connectivity index (χ2v) is 8.99. The Hall–Kier alpha value is -0.973. The van der Waals surface area contributed by atoms with Gasteiger partial charge in [-0.15, -0.1) is 11.1 Å². The Balaban J connectivity index is 2.46. The smallest absolute Gasteiger partial charge is 0.330 e. The topological polar surface area (TPSA) is 114 Å². The molecule has 0 aromatic carbocycles. The Morgan fingerprint density at radius 3 is 2.88 bits per heavy atom. The lowest BCUT2D eigenvalue weighted by Crippen LogP contribution is -2.53. The predicted octanol–water partition coefficient (Wildman–Crippen LogP) is -0.545. The maximum Gasteiger partial charge on any atom is 0.330 e. The van der Waals surface area contributed by atoms with E-state index < -0.39 is 43.8 Å². The zero-order valence-electron chi connectivity index (χ0n) is 13.7. The van der Waals surface area contributed by atoms with Crippen LogP contribution >= 0.6 is 11.1 Å². The molecule has 0 amide bonds. The minimum atomic E-state index is -2.68. The van der Waals surface area contributed by atoms with E-state index in [1.54, 1.807) is 6.92 Å². The van der Waals surface area contributed by atoms with E-state index in [2.05, 4.69) is 4.98 Å². The third-order valence-corrected chi connectivity index (χ3v) is 7.40. The maximum absolute atomic E-state index is 12.3. The quantitative estimate of drug-likeness (QED) is 0.333. The summed E-state index contributed by atoms with van der Waals surface area (Å²) in [5.41, 5.74) is -0.872. The number of aromatic amines is 1. The highest BCUT2D eigenvalue weighted by atomic mass is 35.6. The normalized spacial score (nSPS) is 28.2. The molecule has 1 unspecified atom stereocenters. The molecule has 3 N–H and O–H groups in total. The van der Waals surface area contributed by atoms with E-state index in [0.29, 0.717) is 12.2 Å². The summed E-state index contributed by atoms with van der Waals surface area (Å²) in [4.78, 5) is 26.2. The first kappa shape index (κ1) is 19.4. The van der Waals surface area contributed by atoms with Crippen molar-refractivity contribution in [2.45, 2.75) is 50.7 Å². The maximum atomic E-state index is 12.3. The lowest BCUT2D eigenvalue weighted by molar-refractivity contribution is -0.0793. The van der Waals surface area contributed by atoms with Gasteiger partial charge in [0.15, 0.2) is 5.35 Å². The average Bonchev–Trinajstić information content (AvgIpc) is 2.89. The lowest BCUT2D eigenvalue weighted by Gasteiger charge is -2.33. The van der Waals surface area contributed by atoms with Gasteiger partial charge in [-0.1, -0.05) is 13.3 Å². The summed E-state index contributed by atoms with van der Waals surface area (Å²) in [7, 11) is -2.68. The summed E-state index contributed by atoms with van der Waals surface area (Å²) in [5, 5.41) is 18.2. The molecule has 1 aromatic rings. The fourth-order valence-electron chi connectivity index (χ4n) is 2.70. The van der Waals surface area contributed by atoms with E-state index in [0.717, 1.165) is 12.8 Å². The molecule has 136 valence electrons. The molecule has 0 saturated carbocycles. The largest absolute Gasteiger partial charge is 0.403 e. The molecule has 2 rings (SSSR count). The van der Waals surface area contributed by atoms with Crippen molar-refractivity contribution in [3.05, 3.63) is 32.6 Å². The van der Waals surface area contributed by atoms with E-state index in [1.807, 2.05) is 6.92 Å². The van der Waals surface area contributed by atoms with Crippen LogP contribution in [-0.4, -0.2) is 53.5 Å². The van der Waals surface area contributed by atoms with Gasteiger partial charge in [-0.2, -0.15) is 0 Å². The fourth-order valence-corrected chi connectivity index (χ4v) is 5.46. The van der Waals surface area contributed by atoms with Gasteiger partial charge in [0, 0.05) is 24.8 Å². The Morgan fingerprint density at radius 2 is 2.29 bits per heavy atom. The Labute approximate surface area is 145 Å². The van der Waals surface area contributed by atoms with E-state index >= 15 is 0 Å². The highest BCUT2D eigenvalue weighted by Gasteiger charge is 2.54. The molecule has 1 aliphatic rings. The summed E-state index contributed by atoms with van der Waals surface area (Å²) >= 11 is 6.51. The first-order chi connectivity index (χ1) is 11.4. The van der Waals surface area contributed by atoms with Crippen molar-refractivity contribution in [3.8, 4) is 0 Å². The monoisotopic (exact) mass is 378 g/mol. The van der Waals surface area contributed by atoms with Crippen molar-refractivity contribution in [3.63, 3.8) is 0 Å². The first-order valence-electron chi connectivity index (χ1n) is 7.91. The molecule has 4 atom stereocenters. The summed E-state index contributed by atoms with van der Waals surface area (Å²) in [5.74, 6) is 0. The van der Waals surface area contributed by atoms with Crippen molar-refractivity contribution in [2.75, 3.05) is 13.2 Å². The van der Waals surface area contributed by atoms with E-state index in [-0.39, 0.29) is 6.42 Å². The molecule has 8 nitrogen and oxygen atoms in total. The summed E-state index contributed by atoms with van der Waals surface area (Å²) in [6.07, 6.45) is 1.24. The summed E-state index contributed by atoms with van der Waals surface area (Å²) in [6.45, 7) is 3.57. The molecule has 10 heteroatoms. The van der Waals surface area contributed by atoms with Crippen molar-refractivity contribution < 1.29 is 19.4 Å². The van der Waals surface area contributed by atoms with Crippen LogP contribution in [0, 0.1) is 6.92 Å². The molecule has 24 heavy (non-hydrogen) atoms. The van der Waals surface area contributed by atoms with Gasteiger partial charge >= 0.3 is 14.0 Å². The van der Waals surface area contributed by atoms with Crippen LogP contribution in [0.5, 0.6) is 0 Å². The van der Waals surface area contributed by atoms with E-state index in [4.69, 9.17) is 20.2 Å². The number of aromatic nitrogens is 2. The molecule has 1 aliphatic heterocycles. The minimum Gasteiger partial charge on any atom is -0.403 e. The molecule has 1 aromatic heterocycles. The second-order valence-electron chi connectivity index (χ2n) is 5.94. The number of aliphatic hydroxyl groups is 2. The molecule has 0 radical (unpaired) electrons. The van der Waals surface area contributed by atoms with Gasteiger partial charge < -0.3 is 19.4 Å². The van der Waals surface area contributed by atoms with Crippen LogP contribution in [0.15, 0.2) is 15.8 Å². The number of unbranched alkanes of at least 4 members (excludes halogenated alkanes) is 1. The number of nitrogens with one attached hydrogen (secondary N) is 1. The number of nitrogens with zero attached hydrogens (tertiary/aromatic N) is 1. The molecular weight excluding hydrogens is 356 g/mol. The number of aryl methyl sites for hydroxylation is 1. The summed E-state index contributed by atoms with van der Waals surface area (Å²) in [6, 6.07) is 0. The standard InChI is InChI=1S/C14H23ClN2O6Si/c1-3-4-5-22-24(15)14(6-10(19)11(8-18)23-14)17-7-9(2)12(20)16-13(17)21/h7,10-11,18-19,24H,3-6,8H2,1-2H3,(H,16,20,21)/t10-,11+,14-,24?/m0/s1. The predicted molar refractivity (Wildman–Crippen MR) is 90.5 cm³/mol. The molecule has 2 heterocycles. The van der Waals surface area contributed by atoms with Crippen LogP contribution in [0.25, 0.3) is 0 Å². The van der Waals surface area contributed by atoms with Gasteiger partial charge in [-0.25, -0.2) is 4.79 Å². The van der Waals surface area contributed by atoms with E-state index in [9.17, 15) is 19.8 Å². The molecule has 0 bridgehead atoms. The number of rotatable bonds is 7. The third kappa shape index (κ3) is 3.66. The Morgan fingerprint density at radius 1 is 1.58 bits per heavy atom. The number of halogens is 1. The van der Waals surface area contributed by atoms with Gasteiger partial charge in [0.05, 0.1) is 12.7 Å². The van der Waals surface area contributed by atoms with Crippen LogP contribution in [0.4, 0.5) is 0 Å². The Bertz CT molecular complexity index is 680. The highest BCUT2D eigenvalue weighted by Crippen LogP contribution is 2.38. The molecular formula is C14H23ClN2O6Si. The Kier molecular flexibility index (Phi) is 6.40. The van der Waals surface area contributed by atoms with Crippen LogP contribution in [-0.2, 0) is 14.5 Å². The van der Waals surface area contributed by atoms with Gasteiger partial charge in [0.2, 0.25) is 0 Å². The zero-order chi connectivity index (χ0) is 17.9. The molecule has 1 fully saturated rings. The number of hydrogen-bond donors (Lipinski definition) is 3. The molecule has 0 aliphatic carbocycles. The van der Waals surface area contributed by atoms with Crippen LogP contribution in [0.1, 0.15) is 31.7 Å². The third-order valence-electron chi connectivity index (χ3n) is 4.11. The van der Waals surface area contributed by atoms with Gasteiger partial charge in [-0.3, -0.25) is 14.3 Å². The minimum absolute atomic E-state index is 0.0101. The lowest BCUT2D eigenvalue weighted by atomic mass is 10.2. The van der Waals surface area contributed by atoms with Crippen molar-refractivity contribution in [2.24, 2.45) is 0 Å². The zero-order valence-corrected chi connectivity index (χ0v) is 15.6. The van der Waals surface area contributed by atoms with Crippen LogP contribution in [0.3, 0.4) is 0 Å². The molecule has 0 spiro atoms. The summed E-state index contributed by atoms with van der Waals surface area (Å²) < 4.78 is 12.7. The number of aliphatic hydroxyl groups excluding tert-OH is 2. The van der Waals surface area contributed by atoms with Crippen LogP contribution < -0.4 is 11.2 Å². The number of ether oxygens (including phenoxy) is 1.